The van der Waals surface area contributed by atoms with E-state index < -0.39 is 0 Å². The molecule has 0 bridgehead atoms. The first-order valence-electron chi connectivity index (χ1n) is 7.27. The Morgan fingerprint density at radius 3 is 2.05 bits per heavy atom. The van der Waals surface area contributed by atoms with Crippen LogP contribution in [0.2, 0.25) is 0 Å². The Hall–Kier alpha value is -1.96. The summed E-state index contributed by atoms with van der Waals surface area (Å²) in [6.45, 7) is 6.74. The lowest BCUT2D eigenvalue weighted by atomic mass is 10.0. The van der Waals surface area contributed by atoms with E-state index in [1.165, 1.54) is 17.5 Å². The molecule has 0 amide bonds. The maximum absolute atomic E-state index is 5.38. The van der Waals surface area contributed by atoms with Gasteiger partial charge in [-0.3, -0.25) is 0 Å². The lowest BCUT2D eigenvalue weighted by molar-refractivity contribution is 0.174. The Morgan fingerprint density at radius 2 is 1.40 bits per heavy atom. The maximum Gasteiger partial charge on any atom is 0.231 e. The molecule has 2 aromatic rings. The van der Waals surface area contributed by atoms with E-state index in [1.54, 1.807) is 0 Å². The van der Waals surface area contributed by atoms with Crippen LogP contribution in [-0.4, -0.2) is 6.79 Å². The van der Waals surface area contributed by atoms with Gasteiger partial charge < -0.3 is 9.47 Å². The normalized spacial score (nSPS) is 11.8. The van der Waals surface area contributed by atoms with E-state index in [0.717, 1.165) is 23.5 Å². The lowest BCUT2D eigenvalue weighted by Gasteiger charge is -2.04. The van der Waals surface area contributed by atoms with Crippen molar-refractivity contribution in [1.29, 1.82) is 0 Å². The van der Waals surface area contributed by atoms with Crippen molar-refractivity contribution < 1.29 is 9.47 Å². The predicted octanol–water partition coefficient (Wildman–Crippen LogP) is 5.06. The zero-order chi connectivity index (χ0) is 14.4. The van der Waals surface area contributed by atoms with Gasteiger partial charge in [0.05, 0.1) is 0 Å². The molecule has 0 atom stereocenters. The van der Waals surface area contributed by atoms with Crippen LogP contribution in [0.4, 0.5) is 0 Å². The molecule has 0 aliphatic carbocycles. The van der Waals surface area contributed by atoms with E-state index in [-0.39, 0.29) is 0 Å². The second kappa shape index (κ2) is 6.99. The van der Waals surface area contributed by atoms with Gasteiger partial charge in [0.15, 0.2) is 11.5 Å². The van der Waals surface area contributed by atoms with Crippen LogP contribution in [-0.2, 0) is 6.42 Å². The van der Waals surface area contributed by atoms with E-state index in [0.29, 0.717) is 6.79 Å². The van der Waals surface area contributed by atoms with Crippen molar-refractivity contribution in [2.24, 2.45) is 0 Å². The van der Waals surface area contributed by atoms with Crippen molar-refractivity contribution in [3.63, 3.8) is 0 Å². The predicted molar refractivity (Wildman–Crippen MR) is 83.3 cm³/mol. The maximum atomic E-state index is 5.38. The van der Waals surface area contributed by atoms with Crippen molar-refractivity contribution in [1.82, 2.24) is 0 Å². The van der Waals surface area contributed by atoms with Crippen LogP contribution in [0.15, 0.2) is 42.5 Å². The van der Waals surface area contributed by atoms with E-state index in [9.17, 15) is 0 Å². The molecule has 2 heteroatoms. The van der Waals surface area contributed by atoms with Crippen molar-refractivity contribution in [2.75, 3.05) is 6.79 Å². The van der Waals surface area contributed by atoms with Gasteiger partial charge in [-0.2, -0.15) is 0 Å². The van der Waals surface area contributed by atoms with Crippen LogP contribution in [0.3, 0.4) is 0 Å². The first-order valence-corrected chi connectivity index (χ1v) is 7.27. The van der Waals surface area contributed by atoms with Crippen LogP contribution >= 0.6 is 0 Å². The number of ether oxygens (including phenoxy) is 2. The van der Waals surface area contributed by atoms with Crippen LogP contribution in [0.5, 0.6) is 11.5 Å². The molecule has 0 spiro atoms. The van der Waals surface area contributed by atoms with Gasteiger partial charge in [0.25, 0.3) is 0 Å². The summed E-state index contributed by atoms with van der Waals surface area (Å²) in [5.41, 5.74) is 3.73. The summed E-state index contributed by atoms with van der Waals surface area (Å²) < 4.78 is 10.7. The third-order valence-electron chi connectivity index (χ3n) is 3.07. The smallest absolute Gasteiger partial charge is 0.231 e. The van der Waals surface area contributed by atoms with Crippen LogP contribution in [0.25, 0.3) is 11.1 Å². The van der Waals surface area contributed by atoms with Gasteiger partial charge in [-0.25, -0.2) is 0 Å². The van der Waals surface area contributed by atoms with Crippen LogP contribution < -0.4 is 9.47 Å². The first-order chi connectivity index (χ1) is 9.78. The molecule has 3 rings (SSSR count). The molecule has 0 radical (unpaired) electrons. The molecule has 0 saturated carbocycles. The van der Waals surface area contributed by atoms with Crippen molar-refractivity contribution in [3.8, 4) is 22.6 Å². The highest BCUT2D eigenvalue weighted by Crippen LogP contribution is 2.35. The minimum absolute atomic E-state index is 0.327. The summed E-state index contributed by atoms with van der Waals surface area (Å²) in [5.74, 6) is 1.67. The molecule has 2 nitrogen and oxygen atoms in total. The second-order valence-corrected chi connectivity index (χ2v) is 4.83. The SMILES string of the molecule is CCC.CCc1ccc(-c2ccc3c(c2)OCO3)cc1. The van der Waals surface area contributed by atoms with Crippen molar-refractivity contribution >= 4 is 0 Å². The van der Waals surface area contributed by atoms with E-state index in [2.05, 4.69) is 51.1 Å². The molecule has 0 N–H and O–H groups in total. The van der Waals surface area contributed by atoms with Crippen molar-refractivity contribution in [3.05, 3.63) is 48.0 Å². The van der Waals surface area contributed by atoms with Crippen molar-refractivity contribution in [2.45, 2.75) is 33.6 Å². The fraction of sp³-hybridized carbons (Fsp3) is 0.333. The van der Waals surface area contributed by atoms with Gasteiger partial charge in [-0.1, -0.05) is 57.5 Å². The lowest BCUT2D eigenvalue weighted by Crippen LogP contribution is -1.92. The zero-order valence-corrected chi connectivity index (χ0v) is 12.5. The van der Waals surface area contributed by atoms with E-state index in [4.69, 9.17) is 9.47 Å². The van der Waals surface area contributed by atoms with Gasteiger partial charge in [0.2, 0.25) is 6.79 Å². The zero-order valence-electron chi connectivity index (χ0n) is 12.5. The Bertz CT molecular complexity index is 544. The van der Waals surface area contributed by atoms with Gasteiger partial charge in [-0.05, 0) is 35.2 Å². The van der Waals surface area contributed by atoms with E-state index in [1.807, 2.05) is 12.1 Å². The first kappa shape index (κ1) is 14.4. The summed E-state index contributed by atoms with van der Waals surface area (Å²) in [7, 11) is 0. The fourth-order valence-electron chi connectivity index (χ4n) is 2.01. The summed E-state index contributed by atoms with van der Waals surface area (Å²) in [4.78, 5) is 0. The summed E-state index contributed by atoms with van der Waals surface area (Å²) in [5, 5.41) is 0. The fourth-order valence-corrected chi connectivity index (χ4v) is 2.01. The molecule has 0 fully saturated rings. The van der Waals surface area contributed by atoms with Gasteiger partial charge in [0.1, 0.15) is 0 Å². The monoisotopic (exact) mass is 270 g/mol. The standard InChI is InChI=1S/C15H14O2.C3H8/c1-2-11-3-5-12(6-4-11)13-7-8-14-15(9-13)17-10-16-14;1-3-2/h3-9H,2,10H2,1H3;3H2,1-2H3. The number of hydrogen-bond donors (Lipinski definition) is 0. The highest BCUT2D eigenvalue weighted by molar-refractivity contribution is 5.67. The minimum Gasteiger partial charge on any atom is -0.454 e. The Balaban J connectivity index is 0.000000452. The van der Waals surface area contributed by atoms with Gasteiger partial charge >= 0.3 is 0 Å². The Labute approximate surface area is 121 Å². The third kappa shape index (κ3) is 3.32. The van der Waals surface area contributed by atoms with Crippen LogP contribution in [0, 0.1) is 0 Å². The second-order valence-electron chi connectivity index (χ2n) is 4.83. The molecular weight excluding hydrogens is 248 g/mol. The molecular formula is C18H22O2. The third-order valence-corrected chi connectivity index (χ3v) is 3.07. The quantitative estimate of drug-likeness (QED) is 0.759. The number of fused-ring (bicyclic) bond motifs is 1. The molecule has 106 valence electrons. The number of benzene rings is 2. The summed E-state index contributed by atoms with van der Waals surface area (Å²) in [6.07, 6.45) is 2.32. The topological polar surface area (TPSA) is 18.5 Å². The average Bonchev–Trinajstić information content (AvgIpc) is 2.95. The minimum atomic E-state index is 0.327. The molecule has 20 heavy (non-hydrogen) atoms. The molecule has 2 aromatic carbocycles. The van der Waals surface area contributed by atoms with Gasteiger partial charge in [-0.15, -0.1) is 0 Å². The molecule has 0 saturated heterocycles. The highest BCUT2D eigenvalue weighted by Gasteiger charge is 2.13. The van der Waals surface area contributed by atoms with E-state index >= 15 is 0 Å². The number of rotatable bonds is 2. The highest BCUT2D eigenvalue weighted by atomic mass is 16.7. The summed E-state index contributed by atoms with van der Waals surface area (Å²) >= 11 is 0. The number of hydrogen-bond acceptors (Lipinski definition) is 2. The largest absolute Gasteiger partial charge is 0.454 e. The molecule has 1 heterocycles. The Kier molecular flexibility index (Phi) is 5.05. The summed E-state index contributed by atoms with van der Waals surface area (Å²) in [6, 6.07) is 14.7. The Morgan fingerprint density at radius 1 is 0.800 bits per heavy atom. The number of aryl methyl sites for hydroxylation is 1. The average molecular weight is 270 g/mol. The molecule has 0 aromatic heterocycles. The van der Waals surface area contributed by atoms with Gasteiger partial charge in [0, 0.05) is 0 Å². The van der Waals surface area contributed by atoms with Crippen LogP contribution in [0.1, 0.15) is 32.8 Å². The molecule has 0 unspecified atom stereocenters. The molecule has 1 aliphatic heterocycles. The molecule has 1 aliphatic rings.